The van der Waals surface area contributed by atoms with Crippen LogP contribution in [-0.4, -0.2) is 260 Å². The summed E-state index contributed by atoms with van der Waals surface area (Å²) in [5, 5.41) is 0. The highest BCUT2D eigenvalue weighted by Crippen LogP contribution is 2.43. The molecule has 0 bridgehead atoms. The van der Waals surface area contributed by atoms with Gasteiger partial charge in [0.25, 0.3) is 0 Å². The Morgan fingerprint density at radius 3 is 0.336 bits per heavy atom. The Morgan fingerprint density at radius 2 is 0.245 bits per heavy atom. The van der Waals surface area contributed by atoms with Gasteiger partial charge in [-0.2, -0.15) is 59.8 Å². The normalized spacial score (nSPS) is 10.1. The summed E-state index contributed by atoms with van der Waals surface area (Å²) in [6.07, 6.45) is 39.3. The quantitative estimate of drug-likeness (QED) is 0.105. The van der Waals surface area contributed by atoms with Crippen LogP contribution in [0.4, 0.5) is 47.6 Å². The van der Waals surface area contributed by atoms with Gasteiger partial charge in [0.2, 0.25) is 47.6 Å². The van der Waals surface area contributed by atoms with Gasteiger partial charge in [-0.1, -0.05) is 97.1 Å². The van der Waals surface area contributed by atoms with E-state index in [9.17, 15) is 50.5 Å². The fourth-order valence-corrected chi connectivity index (χ4v) is 6.90. The summed E-state index contributed by atoms with van der Waals surface area (Å²) in [6, 6.07) is 35.4. The fraction of sp³-hybridized carbons (Fsp3) is 0.364. The van der Waals surface area contributed by atoms with Gasteiger partial charge in [-0.05, 0) is 56.6 Å². The highest BCUT2D eigenvalue weighted by Gasteiger charge is 2.19. The molecule has 32 nitrogen and oxygen atoms in total. The van der Waals surface area contributed by atoms with E-state index in [1.165, 1.54) is 0 Å². The van der Waals surface area contributed by atoms with Crippen LogP contribution >= 0.6 is 0 Å². The summed E-state index contributed by atoms with van der Waals surface area (Å²) in [4.78, 5) is 49.9. The van der Waals surface area contributed by atoms with Crippen LogP contribution in [-0.2, 0) is 130 Å². The van der Waals surface area contributed by atoms with Gasteiger partial charge >= 0.3 is 0 Å². The van der Waals surface area contributed by atoms with E-state index in [0.29, 0.717) is 45.6 Å². The van der Waals surface area contributed by atoms with Crippen LogP contribution in [0.2, 0.25) is 0 Å². The molecule has 0 aliphatic carbocycles. The van der Waals surface area contributed by atoms with Crippen LogP contribution in [0.15, 0.2) is 109 Å². The van der Waals surface area contributed by atoms with Crippen LogP contribution in [0.25, 0.3) is 90.1 Å². The van der Waals surface area contributed by atoms with E-state index in [0.717, 1.165) is 44.5 Å². The zero-order chi connectivity index (χ0) is 86.0. The molecule has 0 unspecified atom stereocenters. The van der Waals surface area contributed by atoms with Crippen LogP contribution in [0, 0.1) is 0 Å². The summed E-state index contributed by atoms with van der Waals surface area (Å²) in [6.45, 7) is 0. The molecule has 0 saturated heterocycles. The molecular weight excluding hydrogens is 1650 g/mol. The van der Waals surface area contributed by atoms with E-state index in [4.69, 9.17) is 45.9 Å². The molecule has 0 spiro atoms. The Labute approximate surface area is 677 Å². The molecule has 16 N–H and O–H groups in total. The van der Waals surface area contributed by atoms with E-state index in [-0.39, 0.29) is 47.6 Å². The second-order valence-electron chi connectivity index (χ2n) is 22.7. The lowest BCUT2D eigenvalue weighted by atomic mass is 9.85. The van der Waals surface area contributed by atoms with Gasteiger partial charge < -0.3 is 45.9 Å². The first-order valence-corrected chi connectivity index (χ1v) is 54.0. The topological polar surface area (TPSA) is 568 Å². The van der Waals surface area contributed by atoms with E-state index in [2.05, 4.69) is 71.9 Å². The number of nitrogen functional groups attached to an aromatic ring is 8. The second kappa shape index (κ2) is 60.1. The third kappa shape index (κ3) is 60.1. The first-order valence-electron chi connectivity index (χ1n) is 30.4. The largest absolute Gasteiger partial charge is 0.368 e. The number of nitrogens with two attached hydrogens (primary N) is 8. The van der Waals surface area contributed by atoms with Gasteiger partial charge in [-0.25, -0.2) is 0 Å². The van der Waals surface area contributed by atoms with Gasteiger partial charge in [0.05, 0.1) is 0 Å². The Kier molecular flexibility index (Phi) is 59.3. The lowest BCUT2D eigenvalue weighted by molar-refractivity contribution is 0.689. The molecule has 614 valence electrons. The number of benzene rings is 5. The minimum atomic E-state index is -0.611. The molecule has 5 aromatic carbocycles. The number of rotatable bonds is 8. The van der Waals surface area contributed by atoms with E-state index >= 15 is 0 Å². The van der Waals surface area contributed by atoms with Crippen molar-refractivity contribution in [3.05, 3.63) is 109 Å². The molecule has 9 aromatic rings. The van der Waals surface area contributed by atoms with E-state index < -0.39 is 130 Å². The van der Waals surface area contributed by atoms with Crippen LogP contribution in [0.1, 0.15) is 0 Å². The highest BCUT2D eigenvalue weighted by molar-refractivity contribution is 7.85. The summed E-state index contributed by atoms with van der Waals surface area (Å²) in [5.41, 5.74) is 57.2. The molecular formula is C66H106N20O12S12. The molecule has 0 aliphatic heterocycles. The zero-order valence-electron chi connectivity index (χ0n) is 66.2. The molecule has 4 heterocycles. The molecule has 44 heteroatoms. The maximum absolute atomic E-state index is 9.56. The monoisotopic (exact) mass is 1750 g/mol. The molecule has 0 aliphatic rings. The van der Waals surface area contributed by atoms with Crippen molar-refractivity contribution >= 4 is 177 Å². The predicted molar refractivity (Wildman–Crippen MR) is 479 cm³/mol. The van der Waals surface area contributed by atoms with Crippen molar-refractivity contribution in [2.75, 3.05) is 196 Å². The minimum absolute atomic E-state index is 0.0214. The molecule has 4 aromatic heterocycles. The first-order chi connectivity index (χ1) is 50.7. The summed E-state index contributed by atoms with van der Waals surface area (Å²) in [5.74, 6) is 1.56. The maximum atomic E-state index is 9.56. The van der Waals surface area contributed by atoms with Crippen LogP contribution in [0.3, 0.4) is 0 Å². The molecule has 0 atom stereocenters. The Bertz CT molecular complexity index is 3760. The average Bonchev–Trinajstić information content (AvgIpc) is 0.760. The zero-order valence-corrected chi connectivity index (χ0v) is 76.0. The van der Waals surface area contributed by atoms with E-state index in [1.54, 1.807) is 150 Å². The molecule has 9 rings (SSSR count). The van der Waals surface area contributed by atoms with Crippen molar-refractivity contribution in [3.63, 3.8) is 0 Å². The van der Waals surface area contributed by atoms with Gasteiger partial charge in [-0.3, -0.25) is 50.5 Å². The van der Waals surface area contributed by atoms with Crippen molar-refractivity contribution in [2.24, 2.45) is 0 Å². The minimum Gasteiger partial charge on any atom is -0.368 e. The van der Waals surface area contributed by atoms with Gasteiger partial charge in [0.15, 0.2) is 23.3 Å². The van der Waals surface area contributed by atoms with Crippen molar-refractivity contribution < 1.29 is 50.5 Å². The number of aromatic nitrogens is 12. The molecule has 0 radical (unpaired) electrons. The number of nitrogens with zero attached hydrogens (tertiary/aromatic N) is 12. The summed E-state index contributed by atoms with van der Waals surface area (Å²) < 4.78 is 115. The lowest BCUT2D eigenvalue weighted by Gasteiger charge is -2.19. The second-order valence-corrected chi connectivity index (χ2v) is 40.5. The van der Waals surface area contributed by atoms with Crippen molar-refractivity contribution in [3.8, 4) is 90.1 Å². The fourth-order valence-electron chi connectivity index (χ4n) is 6.90. The predicted octanol–water partition coefficient (Wildman–Crippen LogP) is 4.36. The third-order valence-electron chi connectivity index (χ3n) is 9.65. The van der Waals surface area contributed by atoms with Crippen molar-refractivity contribution in [1.29, 1.82) is 0 Å². The smallest absolute Gasteiger partial charge is 0.225 e. The lowest BCUT2D eigenvalue weighted by Crippen LogP contribution is -2.04. The molecule has 0 fully saturated rings. The average molecular weight is 1760 g/mol. The molecule has 0 amide bonds. The van der Waals surface area contributed by atoms with Crippen LogP contribution < -0.4 is 45.9 Å². The Hall–Kier alpha value is -7.66. The summed E-state index contributed by atoms with van der Waals surface area (Å²) in [7, 11) is -7.33. The Morgan fingerprint density at radius 1 is 0.164 bits per heavy atom. The highest BCUT2D eigenvalue weighted by atomic mass is 32.2. The molecule has 0 saturated carbocycles. The van der Waals surface area contributed by atoms with Crippen molar-refractivity contribution in [1.82, 2.24) is 59.8 Å². The third-order valence-corrected chi connectivity index (χ3v) is 9.65. The summed E-state index contributed by atoms with van der Waals surface area (Å²) >= 11 is 0. The standard InChI is InChI=1S/C42H34N20.12C2H6OS/c43-35-51-31(52-36(44)59-35)23-9-1-19(2-10-23)27-17-29(21-5-13-25(14-6-21)33-55-39(47)61-40(48)56-33)30(22-7-15-26(16-8-22)34-57-41(49)62-42(50)58-34)18-28(27)20-3-11-24(12-4-20)32-53-37(45)60-38(46)54-32;12*1-4(2)3/h1-18H,(H4,43,44,51,52,59)(H4,45,46,53,54,60)(H4,47,48,55,56,61)(H4,49,50,57,58,62);12*1-2H3. The Balaban J connectivity index is -0.000000953. The van der Waals surface area contributed by atoms with E-state index in [1.807, 2.05) is 97.1 Å². The van der Waals surface area contributed by atoms with Gasteiger partial charge in [0.1, 0.15) is 0 Å². The first kappa shape index (κ1) is 109. The maximum Gasteiger partial charge on any atom is 0.225 e. The SMILES string of the molecule is CS(C)=O.CS(C)=O.CS(C)=O.CS(C)=O.CS(C)=O.CS(C)=O.CS(C)=O.CS(C)=O.CS(C)=O.CS(C)=O.CS(C)=O.CS(C)=O.Nc1nc(N)nc(-c2ccc(-c3cc(-c4ccc(-c5nc(N)nc(N)n5)cc4)c(-c4ccc(-c5nc(N)nc(N)n5)cc4)cc3-c3ccc(-c4nc(N)nc(N)n4)cc3)cc2)n1. The number of hydrogen-bond donors (Lipinski definition) is 8. The number of hydrogen-bond acceptors (Lipinski definition) is 32. The van der Waals surface area contributed by atoms with Crippen LogP contribution in [0.5, 0.6) is 0 Å². The molecule has 110 heavy (non-hydrogen) atoms. The van der Waals surface area contributed by atoms with Gasteiger partial charge in [-0.15, -0.1) is 0 Å². The van der Waals surface area contributed by atoms with Crippen molar-refractivity contribution in [2.45, 2.75) is 0 Å². The number of anilines is 8. The van der Waals surface area contributed by atoms with Gasteiger partial charge in [0, 0.05) is 302 Å².